The summed E-state index contributed by atoms with van der Waals surface area (Å²) in [6, 6.07) is 9.93. The minimum atomic E-state index is -2.92. The molecule has 2 aromatic carbocycles. The molecule has 1 amide bonds. The van der Waals surface area contributed by atoms with E-state index in [4.69, 9.17) is 0 Å². The Morgan fingerprint density at radius 1 is 1.11 bits per heavy atom. The Labute approximate surface area is 279 Å². The molecule has 0 bridgehead atoms. The van der Waals surface area contributed by atoms with Crippen LogP contribution in [0.1, 0.15) is 75.3 Å². The van der Waals surface area contributed by atoms with Gasteiger partial charge in [0.25, 0.3) is 11.8 Å². The molecule has 2 aromatic rings. The van der Waals surface area contributed by atoms with Gasteiger partial charge in [0, 0.05) is 56.5 Å². The minimum absolute atomic E-state index is 0.0233. The molecule has 1 atom stereocenters. The zero-order chi connectivity index (χ0) is 35.3. The van der Waals surface area contributed by atoms with E-state index in [1.54, 1.807) is 36.1 Å². The second-order valence-electron chi connectivity index (χ2n) is 11.9. The van der Waals surface area contributed by atoms with Gasteiger partial charge in [0.2, 0.25) is 0 Å². The number of rotatable bonds is 10. The fraction of sp³-hybridized carbons (Fsp3) is 0.447. The molecule has 47 heavy (non-hydrogen) atoms. The smallest absolute Gasteiger partial charge is 0.270 e. The van der Waals surface area contributed by atoms with Crippen LogP contribution in [0.15, 0.2) is 71.1 Å². The summed E-state index contributed by atoms with van der Waals surface area (Å²) < 4.78 is 42.2. The number of nitrogens with zero attached hydrogens (tertiary/aromatic N) is 4. The Balaban J connectivity index is 0.000000660. The number of carbonyl (C=O) groups is 1. The van der Waals surface area contributed by atoms with Gasteiger partial charge in [-0.05, 0) is 93.6 Å². The van der Waals surface area contributed by atoms with Gasteiger partial charge in [0.05, 0.1) is 5.70 Å². The summed E-state index contributed by atoms with van der Waals surface area (Å²) in [7, 11) is 2.01. The quantitative estimate of drug-likeness (QED) is 0.147. The summed E-state index contributed by atoms with van der Waals surface area (Å²) in [6.45, 7) is 13.5. The molecule has 2 heterocycles. The molecule has 1 unspecified atom stereocenters. The van der Waals surface area contributed by atoms with E-state index in [-0.39, 0.29) is 23.3 Å². The maximum Gasteiger partial charge on any atom is 0.270 e. The van der Waals surface area contributed by atoms with E-state index in [1.807, 2.05) is 46.0 Å². The Morgan fingerprint density at radius 2 is 1.81 bits per heavy atom. The lowest BCUT2D eigenvalue weighted by atomic mass is 9.97. The number of likely N-dealkylation sites (N-methyl/N-ethyl adjacent to an activating group) is 2. The summed E-state index contributed by atoms with van der Waals surface area (Å²) in [5.41, 5.74) is 5.07. The van der Waals surface area contributed by atoms with Crippen molar-refractivity contribution >= 4 is 11.6 Å². The molecule has 0 spiro atoms. The predicted molar refractivity (Wildman–Crippen MR) is 186 cm³/mol. The van der Waals surface area contributed by atoms with Crippen molar-refractivity contribution in [2.45, 2.75) is 79.3 Å². The summed E-state index contributed by atoms with van der Waals surface area (Å²) in [4.78, 5) is 29.7. The molecule has 0 aliphatic carbocycles. The highest BCUT2D eigenvalue weighted by Crippen LogP contribution is 2.33. The molecule has 2 aliphatic rings. The molecule has 254 valence electrons. The highest BCUT2D eigenvalue weighted by atomic mass is 19.3. The van der Waals surface area contributed by atoms with Crippen LogP contribution >= 0.6 is 0 Å². The lowest BCUT2D eigenvalue weighted by molar-refractivity contribution is -0.127. The van der Waals surface area contributed by atoms with Crippen LogP contribution in [0.5, 0.6) is 0 Å². The second-order valence-corrected chi connectivity index (χ2v) is 11.9. The van der Waals surface area contributed by atoms with Gasteiger partial charge >= 0.3 is 0 Å². The first-order chi connectivity index (χ1) is 22.3. The Bertz CT molecular complexity index is 1490. The highest BCUT2D eigenvalue weighted by molar-refractivity contribution is 6.00. The lowest BCUT2D eigenvalue weighted by Gasteiger charge is -2.33. The lowest BCUT2D eigenvalue weighted by Crippen LogP contribution is -2.33. The van der Waals surface area contributed by atoms with E-state index in [0.29, 0.717) is 42.8 Å². The van der Waals surface area contributed by atoms with Crippen LogP contribution < -0.4 is 0 Å². The average molecular weight is 651 g/mol. The standard InChI is InChI=1S/C31H37F3N2O.C5H10N2O.C2H2/c1-7-24-19-23(13-15-27(24)31(6,33)34)20-35(9-3)30(37)22(5)29(25-14-16-28(32)21(4)18-25)36-17-11-10-12-26(36)8-2;1-7-3-2-5(4-7)6-8;1-2/h10-16,18-19H,7-9,17,20H2,1-6H3;5H,2-4H2,1H3;1-2H/b29-22+;;. The van der Waals surface area contributed by atoms with Crippen molar-refractivity contribution < 1.29 is 18.0 Å². The Kier molecular flexibility index (Phi) is 15.2. The van der Waals surface area contributed by atoms with Crippen LogP contribution in [0.4, 0.5) is 13.2 Å². The number of terminal acetylenes is 1. The van der Waals surface area contributed by atoms with E-state index in [2.05, 4.69) is 34.7 Å². The molecule has 9 heteroatoms. The van der Waals surface area contributed by atoms with Gasteiger partial charge in [-0.3, -0.25) is 4.79 Å². The zero-order valence-electron chi connectivity index (χ0n) is 28.8. The maximum atomic E-state index is 14.1. The van der Waals surface area contributed by atoms with Crippen molar-refractivity contribution in [3.63, 3.8) is 0 Å². The number of nitroso groups, excluding NO2 is 1. The molecule has 6 nitrogen and oxygen atoms in total. The maximum absolute atomic E-state index is 14.1. The predicted octanol–water partition coefficient (Wildman–Crippen LogP) is 8.46. The van der Waals surface area contributed by atoms with E-state index >= 15 is 0 Å². The topological polar surface area (TPSA) is 56.2 Å². The van der Waals surface area contributed by atoms with Crippen molar-refractivity contribution in [1.29, 1.82) is 0 Å². The number of aryl methyl sites for hydroxylation is 2. The van der Waals surface area contributed by atoms with Crippen molar-refractivity contribution in [2.24, 2.45) is 5.18 Å². The number of likely N-dealkylation sites (tertiary alicyclic amines) is 1. The molecular weight excluding hydrogens is 601 g/mol. The third kappa shape index (κ3) is 10.4. The van der Waals surface area contributed by atoms with Crippen LogP contribution in [-0.2, 0) is 23.7 Å². The molecule has 1 saturated heterocycles. The van der Waals surface area contributed by atoms with E-state index < -0.39 is 5.92 Å². The summed E-state index contributed by atoms with van der Waals surface area (Å²) in [6.07, 6.45) is 16.3. The summed E-state index contributed by atoms with van der Waals surface area (Å²) in [5, 5.41) is 2.95. The number of alkyl halides is 2. The van der Waals surface area contributed by atoms with Gasteiger partial charge in [-0.15, -0.1) is 12.8 Å². The van der Waals surface area contributed by atoms with Crippen LogP contribution in [0.25, 0.3) is 5.70 Å². The van der Waals surface area contributed by atoms with Crippen LogP contribution in [0.2, 0.25) is 0 Å². The first-order valence-electron chi connectivity index (χ1n) is 16.1. The largest absolute Gasteiger partial charge is 0.340 e. The third-order valence-electron chi connectivity index (χ3n) is 8.38. The number of halogens is 3. The van der Waals surface area contributed by atoms with Crippen molar-refractivity contribution in [3.8, 4) is 12.8 Å². The molecule has 0 N–H and O–H groups in total. The first-order valence-corrected chi connectivity index (χ1v) is 16.1. The monoisotopic (exact) mass is 650 g/mol. The normalized spacial score (nSPS) is 16.6. The number of allylic oxidation sites excluding steroid dienone is 3. The van der Waals surface area contributed by atoms with E-state index in [0.717, 1.165) is 55.4 Å². The number of hydrogen-bond donors (Lipinski definition) is 0. The molecule has 0 saturated carbocycles. The highest BCUT2D eigenvalue weighted by Gasteiger charge is 2.28. The van der Waals surface area contributed by atoms with Gasteiger partial charge in [-0.1, -0.05) is 49.4 Å². The summed E-state index contributed by atoms with van der Waals surface area (Å²) in [5.74, 6) is -3.36. The fourth-order valence-corrected chi connectivity index (χ4v) is 5.81. The van der Waals surface area contributed by atoms with Gasteiger partial charge in [0.15, 0.2) is 0 Å². The number of carbonyl (C=O) groups excluding carboxylic acids is 1. The number of benzene rings is 2. The number of hydrogen-bond acceptors (Lipinski definition) is 5. The molecule has 0 radical (unpaired) electrons. The second kappa shape index (κ2) is 18.2. The number of amides is 1. The van der Waals surface area contributed by atoms with E-state index in [1.165, 1.54) is 12.1 Å². The van der Waals surface area contributed by atoms with Crippen molar-refractivity contribution in [1.82, 2.24) is 14.7 Å². The molecule has 4 rings (SSSR count). The average Bonchev–Trinajstić information content (AvgIpc) is 3.51. The molecule has 0 aromatic heterocycles. The first kappa shape index (κ1) is 39.0. The minimum Gasteiger partial charge on any atom is -0.340 e. The molecule has 2 aliphatic heterocycles. The third-order valence-corrected chi connectivity index (χ3v) is 8.38. The SMILES string of the molecule is C#C.CCC1=CC=CCN1/C(=C(\C)C(=O)N(CC)Cc1ccc(C(C)(F)F)c(CC)c1)c1ccc(F)c(C)c1.CN1CCC(N=O)C1. The Hall–Kier alpha value is -4.16. The Morgan fingerprint density at radius 3 is 2.32 bits per heavy atom. The van der Waals surface area contributed by atoms with Gasteiger partial charge in [0.1, 0.15) is 11.9 Å². The van der Waals surface area contributed by atoms with Crippen LogP contribution in [0.3, 0.4) is 0 Å². The fourth-order valence-electron chi connectivity index (χ4n) is 5.81. The summed E-state index contributed by atoms with van der Waals surface area (Å²) >= 11 is 0. The molecule has 1 fully saturated rings. The van der Waals surface area contributed by atoms with Gasteiger partial charge in [-0.25, -0.2) is 13.2 Å². The van der Waals surface area contributed by atoms with Crippen LogP contribution in [-0.4, -0.2) is 59.9 Å². The molecular formula is C38H49F3N4O2. The van der Waals surface area contributed by atoms with Crippen molar-refractivity contribution in [3.05, 3.63) is 104 Å². The van der Waals surface area contributed by atoms with Crippen molar-refractivity contribution in [2.75, 3.05) is 33.2 Å². The van der Waals surface area contributed by atoms with Gasteiger partial charge in [-0.2, -0.15) is 4.91 Å². The van der Waals surface area contributed by atoms with E-state index in [9.17, 15) is 22.9 Å². The zero-order valence-corrected chi connectivity index (χ0v) is 28.8. The van der Waals surface area contributed by atoms with Gasteiger partial charge < -0.3 is 14.7 Å². The van der Waals surface area contributed by atoms with Crippen LogP contribution in [0, 0.1) is 30.5 Å².